The molecule has 1 atom stereocenters. The lowest BCUT2D eigenvalue weighted by Crippen LogP contribution is -2.28. The molecule has 6 nitrogen and oxygen atoms in total. The first-order chi connectivity index (χ1) is 12.8. The quantitative estimate of drug-likeness (QED) is 0.662. The van der Waals surface area contributed by atoms with E-state index in [4.69, 9.17) is 4.52 Å². The van der Waals surface area contributed by atoms with Crippen molar-refractivity contribution >= 4 is 12.0 Å². The Labute approximate surface area is 152 Å². The van der Waals surface area contributed by atoms with E-state index >= 15 is 0 Å². The number of aryl methyl sites for hydroxylation is 1. The number of benzene rings is 1. The van der Waals surface area contributed by atoms with E-state index in [9.17, 15) is 4.79 Å². The van der Waals surface area contributed by atoms with Crippen LogP contribution in [0, 0.1) is 0 Å². The molecule has 0 saturated carbocycles. The van der Waals surface area contributed by atoms with Gasteiger partial charge in [0.1, 0.15) is 6.04 Å². The van der Waals surface area contributed by atoms with E-state index in [0.717, 1.165) is 17.5 Å². The molecule has 3 aromatic rings. The number of pyridine rings is 1. The van der Waals surface area contributed by atoms with Gasteiger partial charge in [0, 0.05) is 24.9 Å². The minimum atomic E-state index is -0.475. The molecule has 1 amide bonds. The van der Waals surface area contributed by atoms with Crippen LogP contribution in [0.25, 0.3) is 6.08 Å². The van der Waals surface area contributed by atoms with Crippen molar-refractivity contribution in [3.8, 4) is 0 Å². The van der Waals surface area contributed by atoms with Crippen molar-refractivity contribution < 1.29 is 9.32 Å². The molecule has 6 heteroatoms. The first kappa shape index (κ1) is 17.5. The molecule has 0 unspecified atom stereocenters. The lowest BCUT2D eigenvalue weighted by atomic mass is 10.1. The van der Waals surface area contributed by atoms with Crippen molar-refractivity contribution in [1.29, 1.82) is 0 Å². The van der Waals surface area contributed by atoms with E-state index in [1.807, 2.05) is 49.4 Å². The van der Waals surface area contributed by atoms with E-state index in [-0.39, 0.29) is 5.91 Å². The zero-order chi connectivity index (χ0) is 18.2. The number of nitrogens with one attached hydrogen (secondary N) is 1. The number of carbonyl (C=O) groups is 1. The molecule has 0 aliphatic heterocycles. The highest BCUT2D eigenvalue weighted by Crippen LogP contribution is 2.20. The fourth-order valence-electron chi connectivity index (χ4n) is 2.48. The maximum Gasteiger partial charge on any atom is 0.244 e. The second-order valence-corrected chi connectivity index (χ2v) is 5.77. The summed E-state index contributed by atoms with van der Waals surface area (Å²) in [5, 5.41) is 6.99. The Bertz CT molecular complexity index is 860. The summed E-state index contributed by atoms with van der Waals surface area (Å²) in [6.45, 7) is 2.05. The zero-order valence-corrected chi connectivity index (χ0v) is 14.5. The third kappa shape index (κ3) is 4.63. The number of rotatable bonds is 7. The van der Waals surface area contributed by atoms with Crippen LogP contribution in [-0.4, -0.2) is 21.0 Å². The number of nitrogens with zero attached hydrogens (tertiary/aromatic N) is 3. The summed E-state index contributed by atoms with van der Waals surface area (Å²) < 4.78 is 5.28. The topological polar surface area (TPSA) is 80.9 Å². The average molecular weight is 348 g/mol. The highest BCUT2D eigenvalue weighted by atomic mass is 16.5. The van der Waals surface area contributed by atoms with E-state index in [1.165, 1.54) is 6.08 Å². The molecule has 0 spiro atoms. The second kappa shape index (κ2) is 8.71. The van der Waals surface area contributed by atoms with Gasteiger partial charge in [-0.3, -0.25) is 9.78 Å². The molecule has 0 aliphatic carbocycles. The molecule has 26 heavy (non-hydrogen) atoms. The average Bonchev–Trinajstić information content (AvgIpc) is 3.14. The maximum atomic E-state index is 12.4. The van der Waals surface area contributed by atoms with Crippen LogP contribution in [0.2, 0.25) is 0 Å². The molecule has 2 aromatic heterocycles. The summed E-state index contributed by atoms with van der Waals surface area (Å²) in [5.74, 6) is 0.774. The highest BCUT2D eigenvalue weighted by molar-refractivity contribution is 5.92. The highest BCUT2D eigenvalue weighted by Gasteiger charge is 2.21. The third-order valence-electron chi connectivity index (χ3n) is 3.74. The molecule has 132 valence electrons. The van der Waals surface area contributed by atoms with Gasteiger partial charge >= 0.3 is 0 Å². The van der Waals surface area contributed by atoms with Gasteiger partial charge in [-0.15, -0.1) is 0 Å². The van der Waals surface area contributed by atoms with Crippen LogP contribution in [0.3, 0.4) is 0 Å². The normalized spacial score (nSPS) is 12.2. The summed E-state index contributed by atoms with van der Waals surface area (Å²) >= 11 is 0. The van der Waals surface area contributed by atoms with Gasteiger partial charge in [0.05, 0.1) is 0 Å². The summed E-state index contributed by atoms with van der Waals surface area (Å²) in [4.78, 5) is 20.8. The standard InChI is InChI=1S/C20H20N4O2/c1-2-7-18-23-20(24-26-18)19(16-9-4-3-5-10-16)22-17(25)12-11-15-8-6-13-21-14-15/h3-6,8-14,19H,2,7H2,1H3,(H,22,25)/b12-11-/t19-/m0/s1. The minimum Gasteiger partial charge on any atom is -0.339 e. The monoisotopic (exact) mass is 348 g/mol. The van der Waals surface area contributed by atoms with Gasteiger partial charge in [-0.1, -0.05) is 48.5 Å². The van der Waals surface area contributed by atoms with Gasteiger partial charge in [0.2, 0.25) is 11.8 Å². The van der Waals surface area contributed by atoms with Crippen molar-refractivity contribution in [3.05, 3.63) is 83.8 Å². The number of aromatic nitrogens is 3. The third-order valence-corrected chi connectivity index (χ3v) is 3.74. The van der Waals surface area contributed by atoms with Crippen LogP contribution in [-0.2, 0) is 11.2 Å². The zero-order valence-electron chi connectivity index (χ0n) is 14.5. The lowest BCUT2D eigenvalue weighted by molar-refractivity contribution is -0.117. The Kier molecular flexibility index (Phi) is 5.88. The predicted molar refractivity (Wildman–Crippen MR) is 98.0 cm³/mol. The maximum absolute atomic E-state index is 12.4. The van der Waals surface area contributed by atoms with Crippen LogP contribution in [0.15, 0.2) is 65.5 Å². The van der Waals surface area contributed by atoms with Gasteiger partial charge in [0.15, 0.2) is 5.82 Å². The van der Waals surface area contributed by atoms with Crippen LogP contribution in [0.4, 0.5) is 0 Å². The molecule has 0 aliphatic rings. The molecule has 1 N–H and O–H groups in total. The van der Waals surface area contributed by atoms with Gasteiger partial charge < -0.3 is 9.84 Å². The van der Waals surface area contributed by atoms with Crippen molar-refractivity contribution in [2.24, 2.45) is 0 Å². The van der Waals surface area contributed by atoms with Crippen molar-refractivity contribution in [2.75, 3.05) is 0 Å². The van der Waals surface area contributed by atoms with Crippen LogP contribution < -0.4 is 5.32 Å². The molecule has 0 bridgehead atoms. The van der Waals surface area contributed by atoms with Crippen LogP contribution in [0.1, 0.15) is 42.2 Å². The van der Waals surface area contributed by atoms with Crippen molar-refractivity contribution in [3.63, 3.8) is 0 Å². The number of amides is 1. The summed E-state index contributed by atoms with van der Waals surface area (Å²) in [5.41, 5.74) is 1.74. The van der Waals surface area contributed by atoms with Gasteiger partial charge in [-0.25, -0.2) is 0 Å². The molecule has 0 fully saturated rings. The van der Waals surface area contributed by atoms with Crippen LogP contribution >= 0.6 is 0 Å². The van der Waals surface area contributed by atoms with Gasteiger partial charge in [0.25, 0.3) is 0 Å². The molecule has 2 heterocycles. The van der Waals surface area contributed by atoms with E-state index in [1.54, 1.807) is 18.5 Å². The Morgan fingerprint density at radius 1 is 1.23 bits per heavy atom. The molecule has 1 aromatic carbocycles. The SMILES string of the molecule is CCCc1nc([C@@H](NC(=O)/C=C\c2cccnc2)c2ccccc2)no1. The largest absolute Gasteiger partial charge is 0.339 e. The number of hydrogen-bond donors (Lipinski definition) is 1. The fourth-order valence-corrected chi connectivity index (χ4v) is 2.48. The summed E-state index contributed by atoms with van der Waals surface area (Å²) in [7, 11) is 0. The lowest BCUT2D eigenvalue weighted by Gasteiger charge is -2.14. The Morgan fingerprint density at radius 3 is 2.81 bits per heavy atom. The minimum absolute atomic E-state index is 0.246. The van der Waals surface area contributed by atoms with E-state index < -0.39 is 6.04 Å². The molecule has 3 rings (SSSR count). The predicted octanol–water partition coefficient (Wildman–Crippen LogP) is 3.34. The van der Waals surface area contributed by atoms with Crippen LogP contribution in [0.5, 0.6) is 0 Å². The summed E-state index contributed by atoms with van der Waals surface area (Å²) in [6, 6.07) is 12.8. The smallest absolute Gasteiger partial charge is 0.244 e. The van der Waals surface area contributed by atoms with Crippen molar-refractivity contribution in [2.45, 2.75) is 25.8 Å². The number of carbonyl (C=O) groups excluding carboxylic acids is 1. The molecular formula is C20H20N4O2. The first-order valence-electron chi connectivity index (χ1n) is 8.52. The molecule has 0 radical (unpaired) electrons. The number of hydrogen-bond acceptors (Lipinski definition) is 5. The van der Waals surface area contributed by atoms with E-state index in [0.29, 0.717) is 18.1 Å². The van der Waals surface area contributed by atoms with E-state index in [2.05, 4.69) is 20.4 Å². The van der Waals surface area contributed by atoms with Gasteiger partial charge in [-0.2, -0.15) is 4.98 Å². The Morgan fingerprint density at radius 2 is 2.08 bits per heavy atom. The Balaban J connectivity index is 1.79. The molecule has 0 saturated heterocycles. The summed E-state index contributed by atoms with van der Waals surface area (Å²) in [6.07, 6.45) is 8.19. The Hall–Kier alpha value is -3.28. The molecular weight excluding hydrogens is 328 g/mol. The first-order valence-corrected chi connectivity index (χ1v) is 8.52. The van der Waals surface area contributed by atoms with Crippen molar-refractivity contribution in [1.82, 2.24) is 20.4 Å². The van der Waals surface area contributed by atoms with Gasteiger partial charge in [-0.05, 0) is 29.7 Å². The fraction of sp³-hybridized carbons (Fsp3) is 0.200. The second-order valence-electron chi connectivity index (χ2n) is 5.77.